The summed E-state index contributed by atoms with van der Waals surface area (Å²) in [5.41, 5.74) is -0.189. The smallest absolute Gasteiger partial charge is 0.311 e. The Morgan fingerprint density at radius 2 is 1.73 bits per heavy atom. The second kappa shape index (κ2) is 7.43. The van der Waals surface area contributed by atoms with Crippen molar-refractivity contribution in [1.82, 2.24) is 0 Å². The summed E-state index contributed by atoms with van der Waals surface area (Å²) in [7, 11) is 0. The number of ether oxygens (including phenoxy) is 1. The lowest BCUT2D eigenvalue weighted by Crippen LogP contribution is -2.34. The first-order chi connectivity index (χ1) is 10.2. The first kappa shape index (κ1) is 18.2. The van der Waals surface area contributed by atoms with Crippen LogP contribution in [0.1, 0.15) is 52.5 Å². The number of benzene rings is 1. The molecule has 22 heavy (non-hydrogen) atoms. The lowest BCUT2D eigenvalue weighted by atomic mass is 9.70. The largest absolute Gasteiger partial charge is 0.481 e. The van der Waals surface area contributed by atoms with Gasteiger partial charge in [0.05, 0.1) is 11.8 Å². The SMILES string of the molecule is CCC(C)(CC(=O)O)CC(C)(C)C(=O)OCc1ccccc1. The lowest BCUT2D eigenvalue weighted by Gasteiger charge is -2.34. The highest BCUT2D eigenvalue weighted by Gasteiger charge is 2.38. The molecule has 0 radical (unpaired) electrons. The standard InChI is InChI=1S/C18H26O4/c1-5-18(4,11-15(19)20)13-17(2,3)16(21)22-12-14-9-7-6-8-10-14/h6-10H,5,11-13H2,1-4H3,(H,19,20). The Morgan fingerprint density at radius 1 is 1.14 bits per heavy atom. The number of carboxylic acids is 1. The molecule has 1 N–H and O–H groups in total. The zero-order valence-electron chi connectivity index (χ0n) is 13.9. The van der Waals surface area contributed by atoms with E-state index in [9.17, 15) is 9.59 Å². The number of aliphatic carboxylic acids is 1. The van der Waals surface area contributed by atoms with Gasteiger partial charge in [-0.15, -0.1) is 0 Å². The average molecular weight is 306 g/mol. The van der Waals surface area contributed by atoms with Gasteiger partial charge in [-0.3, -0.25) is 9.59 Å². The van der Waals surface area contributed by atoms with Crippen LogP contribution in [0.5, 0.6) is 0 Å². The van der Waals surface area contributed by atoms with Crippen LogP contribution in [0, 0.1) is 10.8 Å². The predicted octanol–water partition coefficient (Wildman–Crippen LogP) is 4.04. The van der Waals surface area contributed by atoms with Gasteiger partial charge in [0.15, 0.2) is 0 Å². The summed E-state index contributed by atoms with van der Waals surface area (Å²) in [5.74, 6) is -1.13. The first-order valence-electron chi connectivity index (χ1n) is 7.61. The molecule has 0 aromatic heterocycles. The van der Waals surface area contributed by atoms with E-state index in [0.717, 1.165) is 5.56 Å². The number of rotatable bonds is 8. The van der Waals surface area contributed by atoms with Gasteiger partial charge in [-0.2, -0.15) is 0 Å². The maximum Gasteiger partial charge on any atom is 0.311 e. The summed E-state index contributed by atoms with van der Waals surface area (Å²) in [6.45, 7) is 7.73. The van der Waals surface area contributed by atoms with Crippen LogP contribution in [0.15, 0.2) is 30.3 Å². The second-order valence-corrected chi connectivity index (χ2v) is 6.86. The van der Waals surface area contributed by atoms with E-state index < -0.39 is 16.8 Å². The number of carbonyl (C=O) groups excluding carboxylic acids is 1. The molecular formula is C18H26O4. The maximum absolute atomic E-state index is 12.3. The molecule has 4 heteroatoms. The molecule has 0 saturated heterocycles. The molecular weight excluding hydrogens is 280 g/mol. The summed E-state index contributed by atoms with van der Waals surface area (Å²) >= 11 is 0. The summed E-state index contributed by atoms with van der Waals surface area (Å²) in [6.07, 6.45) is 1.24. The molecule has 0 aliphatic rings. The first-order valence-corrected chi connectivity index (χ1v) is 7.61. The molecule has 0 aliphatic carbocycles. The van der Waals surface area contributed by atoms with Crippen molar-refractivity contribution in [3.8, 4) is 0 Å². The Hall–Kier alpha value is -1.84. The molecule has 4 nitrogen and oxygen atoms in total. The number of hydrogen-bond donors (Lipinski definition) is 1. The molecule has 0 fully saturated rings. The molecule has 0 saturated carbocycles. The molecule has 0 spiro atoms. The monoisotopic (exact) mass is 306 g/mol. The number of hydrogen-bond acceptors (Lipinski definition) is 3. The highest BCUT2D eigenvalue weighted by atomic mass is 16.5. The number of carboxylic acid groups (broad SMARTS) is 1. The van der Waals surface area contributed by atoms with Gasteiger partial charge < -0.3 is 9.84 Å². The van der Waals surface area contributed by atoms with Crippen molar-refractivity contribution >= 4 is 11.9 Å². The topological polar surface area (TPSA) is 63.6 Å². The second-order valence-electron chi connectivity index (χ2n) is 6.86. The van der Waals surface area contributed by atoms with E-state index in [-0.39, 0.29) is 19.0 Å². The fraction of sp³-hybridized carbons (Fsp3) is 0.556. The third kappa shape index (κ3) is 5.51. The summed E-state index contributed by atoms with van der Waals surface area (Å²) in [5, 5.41) is 9.05. The van der Waals surface area contributed by atoms with E-state index in [1.54, 1.807) is 0 Å². The van der Waals surface area contributed by atoms with Crippen LogP contribution in [0.4, 0.5) is 0 Å². The van der Waals surface area contributed by atoms with Crippen molar-refractivity contribution in [2.24, 2.45) is 10.8 Å². The van der Waals surface area contributed by atoms with Gasteiger partial charge in [-0.1, -0.05) is 50.6 Å². The lowest BCUT2D eigenvalue weighted by molar-refractivity contribution is -0.158. The summed E-state index contributed by atoms with van der Waals surface area (Å²) < 4.78 is 5.40. The van der Waals surface area contributed by atoms with E-state index in [0.29, 0.717) is 12.8 Å². The Balaban J connectivity index is 2.67. The van der Waals surface area contributed by atoms with Crippen molar-refractivity contribution in [3.05, 3.63) is 35.9 Å². The van der Waals surface area contributed by atoms with Gasteiger partial charge in [0.2, 0.25) is 0 Å². The minimum Gasteiger partial charge on any atom is -0.481 e. The average Bonchev–Trinajstić information content (AvgIpc) is 2.44. The van der Waals surface area contributed by atoms with Gasteiger partial charge >= 0.3 is 11.9 Å². The predicted molar refractivity (Wildman–Crippen MR) is 85.3 cm³/mol. The Morgan fingerprint density at radius 3 is 2.23 bits per heavy atom. The van der Waals surface area contributed by atoms with E-state index >= 15 is 0 Å². The third-order valence-electron chi connectivity index (χ3n) is 4.07. The van der Waals surface area contributed by atoms with Gasteiger partial charge in [0, 0.05) is 0 Å². The number of carbonyl (C=O) groups is 2. The molecule has 1 rings (SSSR count). The van der Waals surface area contributed by atoms with Crippen LogP contribution in [-0.2, 0) is 20.9 Å². The fourth-order valence-electron chi connectivity index (χ4n) is 2.74. The van der Waals surface area contributed by atoms with Gasteiger partial charge in [-0.05, 0) is 31.2 Å². The van der Waals surface area contributed by atoms with Crippen molar-refractivity contribution in [1.29, 1.82) is 0 Å². The highest BCUT2D eigenvalue weighted by molar-refractivity contribution is 5.76. The maximum atomic E-state index is 12.3. The molecule has 0 bridgehead atoms. The molecule has 0 aliphatic heterocycles. The van der Waals surface area contributed by atoms with E-state index in [4.69, 9.17) is 9.84 Å². The van der Waals surface area contributed by atoms with Gasteiger partial charge in [0.1, 0.15) is 6.61 Å². The Kier molecular flexibility index (Phi) is 6.15. The van der Waals surface area contributed by atoms with Crippen LogP contribution in [-0.4, -0.2) is 17.0 Å². The third-order valence-corrected chi connectivity index (χ3v) is 4.07. The molecule has 1 aromatic rings. The van der Waals surface area contributed by atoms with Crippen LogP contribution in [0.3, 0.4) is 0 Å². The minimum absolute atomic E-state index is 0.0545. The van der Waals surface area contributed by atoms with Crippen LogP contribution in [0.2, 0.25) is 0 Å². The molecule has 0 heterocycles. The highest BCUT2D eigenvalue weighted by Crippen LogP contribution is 2.40. The Bertz CT molecular complexity index is 507. The molecule has 1 atom stereocenters. The van der Waals surface area contributed by atoms with Crippen molar-refractivity contribution in [3.63, 3.8) is 0 Å². The zero-order valence-corrected chi connectivity index (χ0v) is 13.9. The van der Waals surface area contributed by atoms with E-state index in [1.165, 1.54) is 0 Å². The molecule has 1 aromatic carbocycles. The van der Waals surface area contributed by atoms with Crippen LogP contribution >= 0.6 is 0 Å². The van der Waals surface area contributed by atoms with Gasteiger partial charge in [0.25, 0.3) is 0 Å². The van der Waals surface area contributed by atoms with Crippen molar-refractivity contribution in [2.75, 3.05) is 0 Å². The summed E-state index contributed by atoms with van der Waals surface area (Å²) in [4.78, 5) is 23.4. The summed E-state index contributed by atoms with van der Waals surface area (Å²) in [6, 6.07) is 9.51. The fourth-order valence-corrected chi connectivity index (χ4v) is 2.74. The van der Waals surface area contributed by atoms with Crippen LogP contribution < -0.4 is 0 Å². The van der Waals surface area contributed by atoms with Crippen LogP contribution in [0.25, 0.3) is 0 Å². The minimum atomic E-state index is -0.835. The van der Waals surface area contributed by atoms with Crippen molar-refractivity contribution < 1.29 is 19.4 Å². The molecule has 122 valence electrons. The van der Waals surface area contributed by atoms with E-state index in [1.807, 2.05) is 58.0 Å². The zero-order chi connectivity index (χ0) is 16.8. The van der Waals surface area contributed by atoms with E-state index in [2.05, 4.69) is 0 Å². The molecule has 1 unspecified atom stereocenters. The molecule has 0 amide bonds. The number of esters is 1. The van der Waals surface area contributed by atoms with Gasteiger partial charge in [-0.25, -0.2) is 0 Å². The Labute approximate surface area is 132 Å². The normalized spacial score (nSPS) is 14.2. The van der Waals surface area contributed by atoms with Crippen molar-refractivity contribution in [2.45, 2.75) is 53.6 Å². The quantitative estimate of drug-likeness (QED) is 0.736.